The molecule has 0 bridgehead atoms. The molecular formula is C22H14Cl2N2OS. The van der Waals surface area contributed by atoms with Crippen LogP contribution in [0.2, 0.25) is 10.0 Å². The van der Waals surface area contributed by atoms with E-state index in [-0.39, 0.29) is 10.8 Å². The van der Waals surface area contributed by atoms with Gasteiger partial charge in [0, 0.05) is 27.7 Å². The Morgan fingerprint density at radius 3 is 2.32 bits per heavy atom. The molecule has 0 radical (unpaired) electrons. The van der Waals surface area contributed by atoms with E-state index in [1.54, 1.807) is 6.07 Å². The number of halogens is 2. The molecule has 0 aliphatic rings. The molecule has 1 N–H and O–H groups in total. The number of aliphatic imine (C=N–C) groups is 1. The quantitative estimate of drug-likeness (QED) is 0.350. The average Bonchev–Trinajstić information content (AvgIpc) is 3.19. The van der Waals surface area contributed by atoms with Crippen LogP contribution < -0.4 is 0 Å². The van der Waals surface area contributed by atoms with Gasteiger partial charge in [0.15, 0.2) is 0 Å². The average molecular weight is 425 g/mol. The van der Waals surface area contributed by atoms with Gasteiger partial charge in [0.2, 0.25) is 5.13 Å². The predicted octanol–water partition coefficient (Wildman–Crippen LogP) is 7.24. The van der Waals surface area contributed by atoms with E-state index in [4.69, 9.17) is 23.2 Å². The maximum atomic E-state index is 10.0. The lowest BCUT2D eigenvalue weighted by Crippen LogP contribution is -1.84. The summed E-state index contributed by atoms with van der Waals surface area (Å²) in [5.41, 5.74) is 4.65. The summed E-state index contributed by atoms with van der Waals surface area (Å²) < 4.78 is 0. The largest absolute Gasteiger partial charge is 0.506 e. The first-order chi connectivity index (χ1) is 13.6. The zero-order chi connectivity index (χ0) is 19.5. The monoisotopic (exact) mass is 424 g/mol. The molecule has 0 fully saturated rings. The van der Waals surface area contributed by atoms with Crippen molar-refractivity contribution in [1.82, 2.24) is 4.98 Å². The van der Waals surface area contributed by atoms with Gasteiger partial charge in [0.1, 0.15) is 5.75 Å². The first-order valence-electron chi connectivity index (χ1n) is 8.43. The zero-order valence-electron chi connectivity index (χ0n) is 14.5. The van der Waals surface area contributed by atoms with Crippen LogP contribution in [0.5, 0.6) is 5.75 Å². The molecule has 0 saturated carbocycles. The molecule has 0 atom stereocenters. The van der Waals surface area contributed by atoms with Crippen LogP contribution in [0, 0.1) is 0 Å². The highest BCUT2D eigenvalue weighted by Crippen LogP contribution is 2.32. The van der Waals surface area contributed by atoms with E-state index < -0.39 is 0 Å². The Hall–Kier alpha value is -2.66. The Morgan fingerprint density at radius 2 is 1.57 bits per heavy atom. The van der Waals surface area contributed by atoms with Crippen LogP contribution in [0.25, 0.3) is 22.4 Å². The van der Waals surface area contributed by atoms with Gasteiger partial charge in [-0.05, 0) is 23.3 Å². The maximum absolute atomic E-state index is 10.0. The van der Waals surface area contributed by atoms with Crippen LogP contribution in [-0.4, -0.2) is 16.3 Å². The number of nitrogens with zero attached hydrogens (tertiary/aromatic N) is 2. The van der Waals surface area contributed by atoms with Gasteiger partial charge in [-0.3, -0.25) is 0 Å². The summed E-state index contributed by atoms with van der Waals surface area (Å²) in [6, 6.07) is 21.6. The van der Waals surface area contributed by atoms with Crippen molar-refractivity contribution < 1.29 is 5.11 Å². The van der Waals surface area contributed by atoms with E-state index in [0.29, 0.717) is 15.7 Å². The topological polar surface area (TPSA) is 45.5 Å². The van der Waals surface area contributed by atoms with E-state index in [9.17, 15) is 5.11 Å². The van der Waals surface area contributed by atoms with E-state index in [1.807, 2.05) is 35.7 Å². The number of thiazole rings is 1. The van der Waals surface area contributed by atoms with Gasteiger partial charge < -0.3 is 5.11 Å². The molecule has 0 amide bonds. The number of hydrogen-bond donors (Lipinski definition) is 1. The van der Waals surface area contributed by atoms with E-state index in [1.165, 1.54) is 29.2 Å². The number of rotatable bonds is 4. The zero-order valence-corrected chi connectivity index (χ0v) is 16.8. The number of phenolic OH excluding ortho intramolecular Hbond substituents is 1. The molecule has 28 heavy (non-hydrogen) atoms. The van der Waals surface area contributed by atoms with E-state index >= 15 is 0 Å². The molecule has 1 heterocycles. The molecule has 0 aliphatic heterocycles. The fourth-order valence-electron chi connectivity index (χ4n) is 2.73. The number of aromatic hydroxyl groups is 1. The highest BCUT2D eigenvalue weighted by Gasteiger charge is 2.08. The Bertz CT molecular complexity index is 1140. The van der Waals surface area contributed by atoms with Crippen LogP contribution >= 0.6 is 34.5 Å². The Labute approximate surface area is 176 Å². The van der Waals surface area contributed by atoms with Gasteiger partial charge >= 0.3 is 0 Å². The SMILES string of the molecule is Oc1c(Cl)cc(Cl)cc1/C=N/c1nc(-c2ccc(-c3ccccc3)cc2)cs1. The Balaban J connectivity index is 1.55. The molecule has 6 heteroatoms. The van der Waals surface area contributed by atoms with Gasteiger partial charge in [-0.1, -0.05) is 77.8 Å². The van der Waals surface area contributed by atoms with Crippen molar-refractivity contribution in [2.75, 3.05) is 0 Å². The van der Waals surface area contributed by atoms with Gasteiger partial charge in [-0.15, -0.1) is 11.3 Å². The lowest BCUT2D eigenvalue weighted by molar-refractivity contribution is 0.475. The molecule has 3 nitrogen and oxygen atoms in total. The normalized spacial score (nSPS) is 11.2. The minimum atomic E-state index is -0.0527. The second kappa shape index (κ2) is 8.15. The van der Waals surface area contributed by atoms with E-state index in [2.05, 4.69) is 34.2 Å². The van der Waals surface area contributed by atoms with Crippen LogP contribution in [0.3, 0.4) is 0 Å². The molecule has 0 aliphatic carbocycles. The molecule has 4 rings (SSSR count). The molecule has 3 aromatic carbocycles. The Kier molecular flexibility index (Phi) is 5.44. The van der Waals surface area contributed by atoms with Crippen LogP contribution in [0.15, 0.2) is 77.1 Å². The molecule has 0 unspecified atom stereocenters. The van der Waals surface area contributed by atoms with Crippen molar-refractivity contribution in [1.29, 1.82) is 0 Å². The summed E-state index contributed by atoms with van der Waals surface area (Å²) >= 11 is 13.3. The lowest BCUT2D eigenvalue weighted by atomic mass is 10.0. The van der Waals surface area contributed by atoms with Crippen molar-refractivity contribution in [2.24, 2.45) is 4.99 Å². The summed E-state index contributed by atoms with van der Waals surface area (Å²) in [5.74, 6) is -0.0527. The van der Waals surface area contributed by atoms with Crippen molar-refractivity contribution in [2.45, 2.75) is 0 Å². The minimum Gasteiger partial charge on any atom is -0.506 e. The molecule has 4 aromatic rings. The first kappa shape index (κ1) is 18.7. The number of benzene rings is 3. The van der Waals surface area contributed by atoms with Gasteiger partial charge in [-0.2, -0.15) is 0 Å². The third-order valence-corrected chi connectivity index (χ3v) is 5.41. The molecular weight excluding hydrogens is 411 g/mol. The first-order valence-corrected chi connectivity index (χ1v) is 10.1. The summed E-state index contributed by atoms with van der Waals surface area (Å²) in [6.45, 7) is 0. The molecule has 0 saturated heterocycles. The number of hydrogen-bond acceptors (Lipinski definition) is 4. The number of aromatic nitrogens is 1. The van der Waals surface area contributed by atoms with Crippen LogP contribution in [0.1, 0.15) is 5.56 Å². The van der Waals surface area contributed by atoms with Gasteiger partial charge in [0.25, 0.3) is 0 Å². The summed E-state index contributed by atoms with van der Waals surface area (Å²) in [4.78, 5) is 8.88. The van der Waals surface area contributed by atoms with Crippen molar-refractivity contribution in [3.63, 3.8) is 0 Å². The smallest absolute Gasteiger partial charge is 0.209 e. The van der Waals surface area contributed by atoms with E-state index in [0.717, 1.165) is 16.8 Å². The summed E-state index contributed by atoms with van der Waals surface area (Å²) in [5, 5.41) is 13.2. The fourth-order valence-corrected chi connectivity index (χ4v) is 3.91. The van der Waals surface area contributed by atoms with Crippen molar-refractivity contribution in [3.05, 3.63) is 87.7 Å². The molecule has 1 aromatic heterocycles. The van der Waals surface area contributed by atoms with Gasteiger partial charge in [-0.25, -0.2) is 9.98 Å². The highest BCUT2D eigenvalue weighted by molar-refractivity contribution is 7.13. The highest BCUT2D eigenvalue weighted by atomic mass is 35.5. The van der Waals surface area contributed by atoms with Crippen LogP contribution in [0.4, 0.5) is 5.13 Å². The lowest BCUT2D eigenvalue weighted by Gasteiger charge is -2.02. The minimum absolute atomic E-state index is 0.0527. The van der Waals surface area contributed by atoms with Crippen molar-refractivity contribution in [3.8, 4) is 28.1 Å². The summed E-state index contributed by atoms with van der Waals surface area (Å²) in [6.07, 6.45) is 1.51. The fraction of sp³-hybridized carbons (Fsp3) is 0. The second-order valence-corrected chi connectivity index (χ2v) is 7.72. The molecule has 138 valence electrons. The standard InChI is InChI=1S/C22H14Cl2N2OS/c23-18-10-17(21(27)19(24)11-18)12-25-22-26-20(13-28-22)16-8-6-15(7-9-16)14-4-2-1-3-5-14/h1-13,27H/b25-12+. The Morgan fingerprint density at radius 1 is 0.893 bits per heavy atom. The maximum Gasteiger partial charge on any atom is 0.209 e. The second-order valence-electron chi connectivity index (χ2n) is 6.04. The predicted molar refractivity (Wildman–Crippen MR) is 118 cm³/mol. The number of phenols is 1. The van der Waals surface area contributed by atoms with Gasteiger partial charge in [0.05, 0.1) is 10.7 Å². The summed E-state index contributed by atoms with van der Waals surface area (Å²) in [7, 11) is 0. The third kappa shape index (κ3) is 4.09. The van der Waals surface area contributed by atoms with Crippen LogP contribution in [-0.2, 0) is 0 Å². The van der Waals surface area contributed by atoms with Crippen molar-refractivity contribution >= 4 is 45.9 Å². The third-order valence-electron chi connectivity index (χ3n) is 4.15. The molecule has 0 spiro atoms.